The monoisotopic (exact) mass is 179 g/mol. The molecule has 10 heavy (non-hydrogen) atoms. The van der Waals surface area contributed by atoms with Crippen molar-refractivity contribution in [3.63, 3.8) is 0 Å². The van der Waals surface area contributed by atoms with Gasteiger partial charge in [0.15, 0.2) is 0 Å². The SMILES string of the molecule is FCc1ccnc(Cl)c1Cl. The zero-order valence-electron chi connectivity index (χ0n) is 4.94. The molecule has 0 saturated heterocycles. The van der Waals surface area contributed by atoms with E-state index >= 15 is 0 Å². The van der Waals surface area contributed by atoms with Gasteiger partial charge in [0.1, 0.15) is 11.8 Å². The van der Waals surface area contributed by atoms with Crippen molar-refractivity contribution in [1.82, 2.24) is 4.98 Å². The minimum absolute atomic E-state index is 0.150. The molecular formula is C6H4Cl2FN. The van der Waals surface area contributed by atoms with Gasteiger partial charge in [0.05, 0.1) is 5.02 Å². The molecule has 1 heterocycles. The maximum Gasteiger partial charge on any atom is 0.147 e. The van der Waals surface area contributed by atoms with E-state index < -0.39 is 6.67 Å². The number of pyridine rings is 1. The molecule has 0 aliphatic rings. The lowest BCUT2D eigenvalue weighted by Crippen LogP contribution is -1.83. The molecule has 54 valence electrons. The van der Waals surface area contributed by atoms with Gasteiger partial charge in [0.2, 0.25) is 0 Å². The molecule has 0 aliphatic heterocycles. The topological polar surface area (TPSA) is 12.9 Å². The highest BCUT2D eigenvalue weighted by molar-refractivity contribution is 6.41. The van der Waals surface area contributed by atoms with Crippen LogP contribution >= 0.6 is 23.2 Å². The molecule has 0 amide bonds. The van der Waals surface area contributed by atoms with Crippen LogP contribution in [0.15, 0.2) is 12.3 Å². The molecule has 4 heteroatoms. The number of alkyl halides is 1. The lowest BCUT2D eigenvalue weighted by Gasteiger charge is -1.97. The summed E-state index contributed by atoms with van der Waals surface area (Å²) in [5.41, 5.74) is 0.377. The first-order chi connectivity index (χ1) is 4.75. The summed E-state index contributed by atoms with van der Waals surface area (Å²) in [5.74, 6) is 0. The standard InChI is InChI=1S/C6H4Cl2FN/c7-5-4(3-9)1-2-10-6(5)8/h1-2H,3H2. The molecule has 0 radical (unpaired) electrons. The first kappa shape index (κ1) is 7.76. The van der Waals surface area contributed by atoms with Gasteiger partial charge in [-0.15, -0.1) is 0 Å². The molecule has 0 fully saturated rings. The summed E-state index contributed by atoms with van der Waals surface area (Å²) in [6.45, 7) is -0.610. The summed E-state index contributed by atoms with van der Waals surface area (Å²) in [4.78, 5) is 3.65. The average Bonchev–Trinajstić information content (AvgIpc) is 1.95. The van der Waals surface area contributed by atoms with Gasteiger partial charge in [-0.1, -0.05) is 23.2 Å². The number of rotatable bonds is 1. The maximum absolute atomic E-state index is 12.0. The third-order valence-corrected chi connectivity index (χ3v) is 1.88. The van der Waals surface area contributed by atoms with Gasteiger partial charge in [-0.25, -0.2) is 9.37 Å². The largest absolute Gasteiger partial charge is 0.246 e. The van der Waals surface area contributed by atoms with Gasteiger partial charge in [0, 0.05) is 11.8 Å². The predicted molar refractivity (Wildman–Crippen MR) is 39.1 cm³/mol. The summed E-state index contributed by atoms with van der Waals surface area (Å²) in [6, 6.07) is 1.49. The summed E-state index contributed by atoms with van der Waals surface area (Å²) in [5, 5.41) is 0.350. The van der Waals surface area contributed by atoms with Crippen LogP contribution < -0.4 is 0 Å². The normalized spacial score (nSPS) is 9.90. The van der Waals surface area contributed by atoms with Crippen LogP contribution in [0.3, 0.4) is 0 Å². The Bertz CT molecular complexity index is 239. The molecule has 0 spiro atoms. The lowest BCUT2D eigenvalue weighted by atomic mass is 10.3. The van der Waals surface area contributed by atoms with E-state index in [1.54, 1.807) is 0 Å². The lowest BCUT2D eigenvalue weighted by molar-refractivity contribution is 0.485. The van der Waals surface area contributed by atoms with Crippen LogP contribution in [0.25, 0.3) is 0 Å². The third kappa shape index (κ3) is 1.39. The Labute approximate surface area is 67.8 Å². The predicted octanol–water partition coefficient (Wildman–Crippen LogP) is 2.86. The fourth-order valence-electron chi connectivity index (χ4n) is 0.558. The van der Waals surface area contributed by atoms with Crippen molar-refractivity contribution in [2.24, 2.45) is 0 Å². The second-order valence-corrected chi connectivity index (χ2v) is 2.44. The van der Waals surface area contributed by atoms with Gasteiger partial charge in [-0.3, -0.25) is 0 Å². The zero-order chi connectivity index (χ0) is 7.56. The van der Waals surface area contributed by atoms with E-state index in [4.69, 9.17) is 23.2 Å². The molecule has 1 nitrogen and oxygen atoms in total. The van der Waals surface area contributed by atoms with Crippen LogP contribution in [0, 0.1) is 0 Å². The van der Waals surface area contributed by atoms with Crippen LogP contribution in [-0.2, 0) is 6.67 Å². The van der Waals surface area contributed by atoms with Gasteiger partial charge >= 0.3 is 0 Å². The molecule has 0 aromatic carbocycles. The number of nitrogens with zero attached hydrogens (tertiary/aromatic N) is 1. The highest BCUT2D eigenvalue weighted by Gasteiger charge is 2.03. The average molecular weight is 180 g/mol. The Balaban J connectivity index is 3.14. The molecule has 0 unspecified atom stereocenters. The maximum atomic E-state index is 12.0. The van der Waals surface area contributed by atoms with Crippen molar-refractivity contribution in [1.29, 1.82) is 0 Å². The molecule has 1 rings (SSSR count). The molecular weight excluding hydrogens is 176 g/mol. The third-order valence-electron chi connectivity index (χ3n) is 1.07. The quantitative estimate of drug-likeness (QED) is 0.605. The minimum atomic E-state index is -0.610. The highest BCUT2D eigenvalue weighted by Crippen LogP contribution is 2.23. The zero-order valence-corrected chi connectivity index (χ0v) is 6.45. The van der Waals surface area contributed by atoms with Crippen LogP contribution in [0.1, 0.15) is 5.56 Å². The number of hydrogen-bond acceptors (Lipinski definition) is 1. The molecule has 0 aliphatic carbocycles. The highest BCUT2D eigenvalue weighted by atomic mass is 35.5. The van der Waals surface area contributed by atoms with E-state index in [1.807, 2.05) is 0 Å². The van der Waals surface area contributed by atoms with Crippen molar-refractivity contribution in [2.45, 2.75) is 6.67 Å². The number of halogens is 3. The van der Waals surface area contributed by atoms with Crippen LogP contribution in [0.5, 0.6) is 0 Å². The molecule has 1 aromatic heterocycles. The van der Waals surface area contributed by atoms with Gasteiger partial charge in [0.25, 0.3) is 0 Å². The van der Waals surface area contributed by atoms with E-state index in [2.05, 4.69) is 4.98 Å². The Morgan fingerprint density at radius 2 is 2.20 bits per heavy atom. The fraction of sp³-hybridized carbons (Fsp3) is 0.167. The van der Waals surface area contributed by atoms with Crippen LogP contribution in [-0.4, -0.2) is 4.98 Å². The van der Waals surface area contributed by atoms with Gasteiger partial charge in [-0.2, -0.15) is 0 Å². The molecule has 0 N–H and O–H groups in total. The molecule has 0 saturated carbocycles. The van der Waals surface area contributed by atoms with E-state index in [1.165, 1.54) is 12.3 Å². The first-order valence-corrected chi connectivity index (χ1v) is 3.36. The summed E-state index contributed by atoms with van der Waals surface area (Å²) >= 11 is 11.0. The van der Waals surface area contributed by atoms with E-state index in [-0.39, 0.29) is 10.2 Å². The Kier molecular flexibility index (Phi) is 2.46. The second kappa shape index (κ2) is 3.17. The molecule has 1 aromatic rings. The van der Waals surface area contributed by atoms with Crippen molar-refractivity contribution in [3.05, 3.63) is 28.0 Å². The second-order valence-electron chi connectivity index (χ2n) is 1.71. The van der Waals surface area contributed by atoms with Crippen molar-refractivity contribution >= 4 is 23.2 Å². The summed E-state index contributed by atoms with van der Waals surface area (Å²) in [6.07, 6.45) is 1.42. The molecule has 0 atom stereocenters. The van der Waals surface area contributed by atoms with Crippen LogP contribution in [0.4, 0.5) is 4.39 Å². The molecule has 0 bridgehead atoms. The Hall–Kier alpha value is -0.340. The Morgan fingerprint density at radius 1 is 1.50 bits per heavy atom. The van der Waals surface area contributed by atoms with E-state index in [9.17, 15) is 4.39 Å². The Morgan fingerprint density at radius 3 is 2.70 bits per heavy atom. The first-order valence-electron chi connectivity index (χ1n) is 2.60. The van der Waals surface area contributed by atoms with Crippen molar-refractivity contribution < 1.29 is 4.39 Å². The van der Waals surface area contributed by atoms with Crippen LogP contribution in [0.2, 0.25) is 10.2 Å². The fourth-order valence-corrected chi connectivity index (χ4v) is 0.898. The summed E-state index contributed by atoms with van der Waals surface area (Å²) in [7, 11) is 0. The van der Waals surface area contributed by atoms with Gasteiger partial charge < -0.3 is 0 Å². The smallest absolute Gasteiger partial charge is 0.147 e. The van der Waals surface area contributed by atoms with E-state index in [0.717, 1.165) is 0 Å². The van der Waals surface area contributed by atoms with Crippen molar-refractivity contribution in [3.8, 4) is 0 Å². The van der Waals surface area contributed by atoms with Crippen molar-refractivity contribution in [2.75, 3.05) is 0 Å². The number of aromatic nitrogens is 1. The van der Waals surface area contributed by atoms with E-state index in [0.29, 0.717) is 5.56 Å². The minimum Gasteiger partial charge on any atom is -0.246 e. The summed E-state index contributed by atoms with van der Waals surface area (Å²) < 4.78 is 12.0. The number of hydrogen-bond donors (Lipinski definition) is 0. The van der Waals surface area contributed by atoms with Gasteiger partial charge in [-0.05, 0) is 6.07 Å².